The number of benzene rings is 5. The van der Waals surface area contributed by atoms with E-state index in [2.05, 4.69) is 108 Å². The van der Waals surface area contributed by atoms with Crippen molar-refractivity contribution in [1.82, 2.24) is 0 Å². The lowest BCUT2D eigenvalue weighted by Gasteiger charge is -2.29. The molecule has 0 saturated heterocycles. The maximum absolute atomic E-state index is 9.23. The number of furan rings is 1. The summed E-state index contributed by atoms with van der Waals surface area (Å²) >= 11 is 0. The van der Waals surface area contributed by atoms with Crippen LogP contribution in [0.15, 0.2) is 149 Å². The van der Waals surface area contributed by atoms with Crippen LogP contribution in [0.3, 0.4) is 0 Å². The summed E-state index contributed by atoms with van der Waals surface area (Å²) in [7, 11) is 0. The van der Waals surface area contributed by atoms with E-state index in [1.807, 2.05) is 42.5 Å². The summed E-state index contributed by atoms with van der Waals surface area (Å²) in [6.45, 7) is 0. The molecule has 4 heteroatoms. The molecule has 5 aromatic carbocycles. The standard InChI is InChI=1S/C38H25N3O/c39-24-25-13-15-27(16-14-25)31-9-6-12-36-37(31)32-23-29(19-22-35(32)42-36)26-17-20-30(21-18-26)41-34-11-5-4-10-33(34)40-38(41)28-7-2-1-3-8-28/h1-23,33-34H. The van der Waals surface area contributed by atoms with Gasteiger partial charge >= 0.3 is 0 Å². The molecule has 0 fully saturated rings. The van der Waals surface area contributed by atoms with Crippen LogP contribution in [0.25, 0.3) is 44.2 Å². The minimum Gasteiger partial charge on any atom is -0.456 e. The van der Waals surface area contributed by atoms with Crippen molar-refractivity contribution in [3.63, 3.8) is 0 Å². The van der Waals surface area contributed by atoms with E-state index in [1.54, 1.807) is 0 Å². The predicted molar refractivity (Wildman–Crippen MR) is 171 cm³/mol. The molecule has 0 bridgehead atoms. The number of allylic oxidation sites excluding steroid dienone is 2. The average molecular weight is 540 g/mol. The summed E-state index contributed by atoms with van der Waals surface area (Å²) < 4.78 is 6.26. The molecule has 6 aromatic rings. The van der Waals surface area contributed by atoms with Gasteiger partial charge < -0.3 is 9.32 Å². The lowest BCUT2D eigenvalue weighted by Crippen LogP contribution is -2.39. The first-order chi connectivity index (χ1) is 20.8. The Balaban J connectivity index is 1.18. The molecule has 0 N–H and O–H groups in total. The van der Waals surface area contributed by atoms with Gasteiger partial charge in [0.05, 0.1) is 23.7 Å². The molecule has 0 saturated carbocycles. The number of amidine groups is 1. The van der Waals surface area contributed by atoms with Gasteiger partial charge in [-0.2, -0.15) is 5.26 Å². The molecule has 198 valence electrons. The van der Waals surface area contributed by atoms with E-state index < -0.39 is 0 Å². The van der Waals surface area contributed by atoms with E-state index in [-0.39, 0.29) is 12.1 Å². The molecule has 2 unspecified atom stereocenters. The first-order valence-corrected chi connectivity index (χ1v) is 14.1. The number of aliphatic imine (C=N–C) groups is 1. The fraction of sp³-hybridized carbons (Fsp3) is 0.0526. The third kappa shape index (κ3) is 3.95. The van der Waals surface area contributed by atoms with Gasteiger partial charge in [-0.25, -0.2) is 0 Å². The van der Waals surface area contributed by atoms with Crippen molar-refractivity contribution >= 4 is 33.5 Å². The van der Waals surface area contributed by atoms with Crippen LogP contribution < -0.4 is 4.90 Å². The topological polar surface area (TPSA) is 52.5 Å². The average Bonchev–Trinajstić information content (AvgIpc) is 3.64. The van der Waals surface area contributed by atoms with E-state index in [9.17, 15) is 5.26 Å². The number of nitriles is 1. The molecule has 42 heavy (non-hydrogen) atoms. The minimum atomic E-state index is 0.104. The van der Waals surface area contributed by atoms with Crippen molar-refractivity contribution in [2.45, 2.75) is 12.1 Å². The fourth-order valence-corrected chi connectivity index (χ4v) is 6.17. The number of hydrogen-bond acceptors (Lipinski definition) is 4. The molecule has 0 radical (unpaired) electrons. The summed E-state index contributed by atoms with van der Waals surface area (Å²) in [6.07, 6.45) is 8.62. The molecular weight excluding hydrogens is 514 g/mol. The zero-order valence-corrected chi connectivity index (χ0v) is 22.7. The Morgan fingerprint density at radius 1 is 0.667 bits per heavy atom. The third-order valence-corrected chi connectivity index (χ3v) is 8.21. The second-order valence-corrected chi connectivity index (χ2v) is 10.7. The van der Waals surface area contributed by atoms with Gasteiger partial charge in [0.1, 0.15) is 17.0 Å². The maximum Gasteiger partial charge on any atom is 0.136 e. The molecule has 8 rings (SSSR count). The molecule has 2 atom stereocenters. The van der Waals surface area contributed by atoms with Crippen molar-refractivity contribution in [3.05, 3.63) is 151 Å². The summed E-state index contributed by atoms with van der Waals surface area (Å²) in [6, 6.07) is 41.9. The minimum absolute atomic E-state index is 0.104. The highest BCUT2D eigenvalue weighted by Gasteiger charge is 2.35. The SMILES string of the molecule is N#Cc1ccc(-c2cccc3oc4ccc(-c5ccc(N6C(c7ccccc7)=NC7C=CC=CC76)cc5)cc4c23)cc1. The smallest absolute Gasteiger partial charge is 0.136 e. The molecule has 2 aliphatic rings. The zero-order valence-electron chi connectivity index (χ0n) is 22.7. The quantitative estimate of drug-likeness (QED) is 0.225. The van der Waals surface area contributed by atoms with Crippen molar-refractivity contribution in [2.24, 2.45) is 4.99 Å². The van der Waals surface area contributed by atoms with Crippen LogP contribution in [0.2, 0.25) is 0 Å². The Hall–Kier alpha value is -5.66. The van der Waals surface area contributed by atoms with Gasteiger partial charge in [0, 0.05) is 22.0 Å². The van der Waals surface area contributed by atoms with Crippen molar-refractivity contribution < 1.29 is 4.42 Å². The van der Waals surface area contributed by atoms with Gasteiger partial charge in [-0.1, -0.05) is 97.1 Å². The van der Waals surface area contributed by atoms with E-state index in [0.29, 0.717) is 5.56 Å². The van der Waals surface area contributed by atoms with Crippen molar-refractivity contribution in [1.29, 1.82) is 5.26 Å². The second-order valence-electron chi connectivity index (χ2n) is 10.7. The fourth-order valence-electron chi connectivity index (χ4n) is 6.17. The summed E-state index contributed by atoms with van der Waals surface area (Å²) in [5.41, 5.74) is 9.01. The first kappa shape index (κ1) is 24.2. The Kier molecular flexibility index (Phi) is 5.62. The molecule has 1 aromatic heterocycles. The van der Waals surface area contributed by atoms with Crippen molar-refractivity contribution in [3.8, 4) is 28.3 Å². The lowest BCUT2D eigenvalue weighted by atomic mass is 9.96. The molecule has 4 nitrogen and oxygen atoms in total. The third-order valence-electron chi connectivity index (χ3n) is 8.21. The second kappa shape index (κ2) is 9.76. The van der Waals surface area contributed by atoms with Gasteiger partial charge in [-0.05, 0) is 64.7 Å². The van der Waals surface area contributed by atoms with Gasteiger partial charge in [0.2, 0.25) is 0 Å². The summed E-state index contributed by atoms with van der Waals surface area (Å²) in [4.78, 5) is 7.44. The normalized spacial score (nSPS) is 17.4. The monoisotopic (exact) mass is 539 g/mol. The summed E-state index contributed by atoms with van der Waals surface area (Å²) in [5.74, 6) is 0.996. The van der Waals surface area contributed by atoms with E-state index in [4.69, 9.17) is 9.41 Å². The van der Waals surface area contributed by atoms with E-state index in [0.717, 1.165) is 61.3 Å². The van der Waals surface area contributed by atoms with Crippen LogP contribution in [-0.2, 0) is 0 Å². The number of nitrogens with zero attached hydrogens (tertiary/aromatic N) is 3. The lowest BCUT2D eigenvalue weighted by molar-refractivity contribution is 0.669. The highest BCUT2D eigenvalue weighted by atomic mass is 16.3. The highest BCUT2D eigenvalue weighted by Crippen LogP contribution is 2.39. The van der Waals surface area contributed by atoms with Crippen LogP contribution in [0.1, 0.15) is 11.1 Å². The molecule has 1 aliphatic heterocycles. The maximum atomic E-state index is 9.23. The highest BCUT2D eigenvalue weighted by molar-refractivity contribution is 6.14. The van der Waals surface area contributed by atoms with Crippen LogP contribution in [-0.4, -0.2) is 17.9 Å². The predicted octanol–water partition coefficient (Wildman–Crippen LogP) is 8.92. The molecule has 0 spiro atoms. The summed E-state index contributed by atoms with van der Waals surface area (Å²) in [5, 5.41) is 11.4. The van der Waals surface area contributed by atoms with Gasteiger partial charge in [-0.15, -0.1) is 0 Å². The number of hydrogen-bond donors (Lipinski definition) is 0. The number of anilines is 1. The number of fused-ring (bicyclic) bond motifs is 4. The van der Waals surface area contributed by atoms with Crippen LogP contribution in [0, 0.1) is 11.3 Å². The zero-order chi connectivity index (χ0) is 28.0. The Morgan fingerprint density at radius 2 is 1.43 bits per heavy atom. The van der Waals surface area contributed by atoms with Gasteiger partial charge in [0.25, 0.3) is 0 Å². The van der Waals surface area contributed by atoms with Crippen LogP contribution in [0.4, 0.5) is 5.69 Å². The molecule has 1 aliphatic carbocycles. The Morgan fingerprint density at radius 3 is 2.24 bits per heavy atom. The first-order valence-electron chi connectivity index (χ1n) is 14.1. The van der Waals surface area contributed by atoms with Gasteiger partial charge in [0.15, 0.2) is 0 Å². The van der Waals surface area contributed by atoms with Crippen LogP contribution in [0.5, 0.6) is 0 Å². The molecular formula is C38H25N3O. The number of rotatable bonds is 4. The van der Waals surface area contributed by atoms with Gasteiger partial charge in [-0.3, -0.25) is 4.99 Å². The van der Waals surface area contributed by atoms with Crippen LogP contribution >= 0.6 is 0 Å². The van der Waals surface area contributed by atoms with E-state index in [1.165, 1.54) is 0 Å². The Bertz CT molecular complexity index is 2090. The van der Waals surface area contributed by atoms with E-state index >= 15 is 0 Å². The van der Waals surface area contributed by atoms with Crippen molar-refractivity contribution in [2.75, 3.05) is 4.90 Å². The molecule has 2 heterocycles. The Labute approximate surface area is 243 Å². The largest absolute Gasteiger partial charge is 0.456 e. The molecule has 0 amide bonds.